The fraction of sp³-hybridized carbons (Fsp3) is 0.529. The van der Waals surface area contributed by atoms with Crippen molar-refractivity contribution in [3.05, 3.63) is 30.1 Å². The molecule has 1 aromatic rings. The summed E-state index contributed by atoms with van der Waals surface area (Å²) in [5.41, 5.74) is -0.847. The fourth-order valence-electron chi connectivity index (χ4n) is 2.56. The van der Waals surface area contributed by atoms with E-state index in [0.717, 1.165) is 12.8 Å². The molecule has 1 unspecified atom stereocenters. The first-order chi connectivity index (χ1) is 11.4. The van der Waals surface area contributed by atoms with Gasteiger partial charge >= 0.3 is 12.0 Å². The fourth-order valence-corrected chi connectivity index (χ4v) is 2.56. The van der Waals surface area contributed by atoms with Crippen molar-refractivity contribution >= 4 is 12.0 Å². The summed E-state index contributed by atoms with van der Waals surface area (Å²) in [6, 6.07) is 5.61. The van der Waals surface area contributed by atoms with Crippen molar-refractivity contribution in [2.75, 3.05) is 26.2 Å². The number of unbranched alkanes of at least 4 members (excludes halogenated alkanes) is 1. The Bertz CT molecular complexity index is 578. The van der Waals surface area contributed by atoms with Crippen LogP contribution in [0.1, 0.15) is 26.2 Å². The van der Waals surface area contributed by atoms with Crippen LogP contribution in [0, 0.1) is 11.2 Å². The van der Waals surface area contributed by atoms with Crippen molar-refractivity contribution < 1.29 is 23.8 Å². The summed E-state index contributed by atoms with van der Waals surface area (Å²) in [7, 11) is 0. The summed E-state index contributed by atoms with van der Waals surface area (Å²) in [4.78, 5) is 24.7. The van der Waals surface area contributed by atoms with Gasteiger partial charge in [0.2, 0.25) is 0 Å². The van der Waals surface area contributed by atoms with E-state index in [1.165, 1.54) is 12.1 Å². The molecule has 0 bridgehead atoms. The first-order valence-corrected chi connectivity index (χ1v) is 8.05. The van der Waals surface area contributed by atoms with E-state index >= 15 is 0 Å². The molecule has 132 valence electrons. The molecular formula is C17H23FN2O4. The molecule has 0 aliphatic carbocycles. The normalized spacial score (nSPS) is 20.0. The van der Waals surface area contributed by atoms with Gasteiger partial charge in [0.05, 0.1) is 12.0 Å². The molecular weight excluding hydrogens is 315 g/mol. The molecule has 1 aliphatic heterocycles. The van der Waals surface area contributed by atoms with Gasteiger partial charge in [-0.3, -0.25) is 4.79 Å². The number of hydrogen-bond donors (Lipinski definition) is 2. The van der Waals surface area contributed by atoms with Gasteiger partial charge in [-0.15, -0.1) is 0 Å². The third-order valence-corrected chi connectivity index (χ3v) is 4.21. The van der Waals surface area contributed by atoms with Crippen LogP contribution >= 0.6 is 0 Å². The lowest BCUT2D eigenvalue weighted by Crippen LogP contribution is -2.41. The lowest BCUT2D eigenvalue weighted by Gasteiger charge is -2.20. The summed E-state index contributed by atoms with van der Waals surface area (Å²) >= 11 is 0. The molecule has 1 atom stereocenters. The van der Waals surface area contributed by atoms with Gasteiger partial charge in [0.15, 0.2) is 0 Å². The predicted octanol–water partition coefficient (Wildman–Crippen LogP) is 2.49. The zero-order chi connectivity index (χ0) is 17.6. The molecule has 1 saturated heterocycles. The molecule has 1 heterocycles. The average Bonchev–Trinajstić information content (AvgIpc) is 2.96. The number of amides is 2. The number of benzene rings is 1. The zero-order valence-corrected chi connectivity index (χ0v) is 13.8. The largest absolute Gasteiger partial charge is 0.494 e. The van der Waals surface area contributed by atoms with Gasteiger partial charge in [-0.05, 0) is 50.5 Å². The van der Waals surface area contributed by atoms with Crippen LogP contribution in [0.2, 0.25) is 0 Å². The molecule has 2 N–H and O–H groups in total. The number of urea groups is 1. The third-order valence-electron chi connectivity index (χ3n) is 4.21. The van der Waals surface area contributed by atoms with Gasteiger partial charge in [-0.25, -0.2) is 9.18 Å². The van der Waals surface area contributed by atoms with Gasteiger partial charge in [-0.1, -0.05) is 0 Å². The van der Waals surface area contributed by atoms with Crippen molar-refractivity contribution in [2.24, 2.45) is 5.41 Å². The Labute approximate surface area is 140 Å². The Morgan fingerprint density at radius 2 is 2.04 bits per heavy atom. The highest BCUT2D eigenvalue weighted by molar-refractivity contribution is 5.79. The number of rotatable bonds is 7. The Kier molecular flexibility index (Phi) is 6.00. The topological polar surface area (TPSA) is 78.9 Å². The Morgan fingerprint density at radius 1 is 1.33 bits per heavy atom. The second kappa shape index (κ2) is 7.99. The van der Waals surface area contributed by atoms with Crippen molar-refractivity contribution in [1.29, 1.82) is 0 Å². The van der Waals surface area contributed by atoms with E-state index in [1.807, 2.05) is 0 Å². The second-order valence-electron chi connectivity index (χ2n) is 6.28. The van der Waals surface area contributed by atoms with Gasteiger partial charge in [0.1, 0.15) is 11.6 Å². The van der Waals surface area contributed by atoms with Crippen LogP contribution in [-0.4, -0.2) is 48.2 Å². The highest BCUT2D eigenvalue weighted by Crippen LogP contribution is 2.29. The highest BCUT2D eigenvalue weighted by Gasteiger charge is 2.42. The molecule has 0 spiro atoms. The minimum Gasteiger partial charge on any atom is -0.494 e. The second-order valence-corrected chi connectivity index (χ2v) is 6.28. The van der Waals surface area contributed by atoms with E-state index in [2.05, 4.69) is 5.32 Å². The van der Waals surface area contributed by atoms with Gasteiger partial charge in [0, 0.05) is 19.6 Å². The van der Waals surface area contributed by atoms with Crippen LogP contribution in [-0.2, 0) is 4.79 Å². The highest BCUT2D eigenvalue weighted by atomic mass is 19.1. The summed E-state index contributed by atoms with van der Waals surface area (Å²) < 4.78 is 18.2. The molecule has 2 amide bonds. The van der Waals surface area contributed by atoms with Gasteiger partial charge in [0.25, 0.3) is 0 Å². The van der Waals surface area contributed by atoms with E-state index in [-0.39, 0.29) is 18.4 Å². The molecule has 7 heteroatoms. The summed E-state index contributed by atoms with van der Waals surface area (Å²) in [6.45, 7) is 3.35. The first-order valence-electron chi connectivity index (χ1n) is 8.05. The average molecular weight is 338 g/mol. The molecule has 0 aromatic heterocycles. The third kappa shape index (κ3) is 4.84. The maximum absolute atomic E-state index is 12.7. The van der Waals surface area contributed by atoms with Crippen LogP contribution < -0.4 is 10.1 Å². The molecule has 1 fully saturated rings. The van der Waals surface area contributed by atoms with E-state index in [9.17, 15) is 14.0 Å². The molecule has 0 radical (unpaired) electrons. The number of hydrogen-bond acceptors (Lipinski definition) is 3. The number of carbonyl (C=O) groups is 2. The smallest absolute Gasteiger partial charge is 0.317 e. The van der Waals surface area contributed by atoms with Crippen LogP contribution in [0.25, 0.3) is 0 Å². The zero-order valence-electron chi connectivity index (χ0n) is 13.8. The molecule has 24 heavy (non-hydrogen) atoms. The lowest BCUT2D eigenvalue weighted by molar-refractivity contribution is -0.147. The number of nitrogens with zero attached hydrogens (tertiary/aromatic N) is 1. The van der Waals surface area contributed by atoms with Crippen LogP contribution in [0.15, 0.2) is 24.3 Å². The quantitative estimate of drug-likeness (QED) is 0.749. The number of carbonyl (C=O) groups excluding carboxylic acids is 1. The number of carboxylic acid groups (broad SMARTS) is 1. The Morgan fingerprint density at radius 3 is 2.67 bits per heavy atom. The number of halogens is 1. The maximum atomic E-state index is 12.7. The molecule has 6 nitrogen and oxygen atoms in total. The number of aliphatic carboxylic acids is 1. The van der Waals surface area contributed by atoms with Crippen molar-refractivity contribution in [3.8, 4) is 5.75 Å². The van der Waals surface area contributed by atoms with Gasteiger partial charge < -0.3 is 20.1 Å². The summed E-state index contributed by atoms with van der Waals surface area (Å²) in [6.07, 6.45) is 1.97. The Balaban J connectivity index is 1.58. The predicted molar refractivity (Wildman–Crippen MR) is 86.5 cm³/mol. The number of likely N-dealkylation sites (tertiary alicyclic amines) is 1. The van der Waals surface area contributed by atoms with Crippen LogP contribution in [0.3, 0.4) is 0 Å². The van der Waals surface area contributed by atoms with E-state index in [4.69, 9.17) is 9.84 Å². The van der Waals surface area contributed by atoms with Crippen LogP contribution in [0.5, 0.6) is 5.75 Å². The molecule has 0 saturated carbocycles. The Hall–Kier alpha value is -2.31. The standard InChI is InChI=1S/C17H23FN2O4/c1-17(15(21)22)8-10-20(12-17)16(23)19-9-2-3-11-24-14-6-4-13(18)5-7-14/h4-7H,2-3,8-12H2,1H3,(H,19,23)(H,21,22). The van der Waals surface area contributed by atoms with Crippen molar-refractivity contribution in [3.63, 3.8) is 0 Å². The maximum Gasteiger partial charge on any atom is 0.317 e. The molecule has 2 rings (SSSR count). The molecule has 1 aromatic carbocycles. The van der Waals surface area contributed by atoms with E-state index in [0.29, 0.717) is 31.9 Å². The minimum absolute atomic E-state index is 0.223. The molecule has 1 aliphatic rings. The number of carboxylic acids is 1. The van der Waals surface area contributed by atoms with E-state index in [1.54, 1.807) is 24.0 Å². The van der Waals surface area contributed by atoms with Crippen molar-refractivity contribution in [2.45, 2.75) is 26.2 Å². The summed E-state index contributed by atoms with van der Waals surface area (Å²) in [5.74, 6) is -0.549. The van der Waals surface area contributed by atoms with Crippen molar-refractivity contribution in [1.82, 2.24) is 10.2 Å². The minimum atomic E-state index is -0.865. The lowest BCUT2D eigenvalue weighted by atomic mass is 9.90. The van der Waals surface area contributed by atoms with Crippen LogP contribution in [0.4, 0.5) is 9.18 Å². The first kappa shape index (κ1) is 18.0. The van der Waals surface area contributed by atoms with Gasteiger partial charge in [-0.2, -0.15) is 0 Å². The number of nitrogens with one attached hydrogen (secondary N) is 1. The summed E-state index contributed by atoms with van der Waals surface area (Å²) in [5, 5.41) is 12.0. The van der Waals surface area contributed by atoms with E-state index < -0.39 is 11.4 Å². The monoisotopic (exact) mass is 338 g/mol. The number of ether oxygens (including phenoxy) is 1. The SMILES string of the molecule is CC1(C(=O)O)CCN(C(=O)NCCCCOc2ccc(F)cc2)C1.